The van der Waals surface area contributed by atoms with Crippen LogP contribution in [0.25, 0.3) is 5.57 Å². The molecule has 0 bridgehead atoms. The summed E-state index contributed by atoms with van der Waals surface area (Å²) in [4.78, 5) is 20.7. The Labute approximate surface area is 189 Å². The van der Waals surface area contributed by atoms with E-state index in [9.17, 15) is 23.1 Å². The van der Waals surface area contributed by atoms with Gasteiger partial charge >= 0.3 is 6.18 Å². The van der Waals surface area contributed by atoms with E-state index in [4.69, 9.17) is 5.73 Å². The Morgan fingerprint density at radius 1 is 1.09 bits per heavy atom. The van der Waals surface area contributed by atoms with E-state index in [1.807, 2.05) is 6.92 Å². The van der Waals surface area contributed by atoms with Crippen LogP contribution in [0.1, 0.15) is 47.3 Å². The summed E-state index contributed by atoms with van der Waals surface area (Å²) in [5, 5.41) is 10.7. The number of hydrogen-bond acceptors (Lipinski definition) is 5. The number of allylic oxidation sites excluding steroid dienone is 2. The molecular weight excluding hydrogens is 439 g/mol. The third kappa shape index (κ3) is 5.09. The van der Waals surface area contributed by atoms with Gasteiger partial charge in [-0.15, -0.1) is 11.3 Å². The van der Waals surface area contributed by atoms with Crippen molar-refractivity contribution < 1.29 is 23.1 Å². The molecule has 0 aliphatic carbocycles. The van der Waals surface area contributed by atoms with Crippen LogP contribution in [0.3, 0.4) is 0 Å². The quantitative estimate of drug-likeness (QED) is 0.322. The number of alkyl halides is 3. The molecule has 0 aliphatic heterocycles. The number of aryl methyl sites for hydroxylation is 3. The lowest BCUT2D eigenvalue weighted by molar-refractivity contribution is -0.114. The standard InChI is InChI=1S/C23H26F3N3O2S/c1-10-8-9-17(30)13(4)18(10)11(2)12(3)19(21(27)31)14(5)20(23(24,25)26)29-22-15(6)32-16(7)28-22/h8-9,30H,1-7H3,(H2,27,31)/b12-11+,19-14-,29-20+. The predicted octanol–water partition coefficient (Wildman–Crippen LogP) is 6.01. The smallest absolute Gasteiger partial charge is 0.433 e. The van der Waals surface area contributed by atoms with Crippen molar-refractivity contribution in [3.05, 3.63) is 55.4 Å². The first-order chi connectivity index (χ1) is 14.7. The number of aromatic hydroxyl groups is 1. The molecule has 1 aromatic carbocycles. The Hall–Kier alpha value is -2.94. The van der Waals surface area contributed by atoms with Gasteiger partial charge in [-0.05, 0) is 87.9 Å². The average molecular weight is 466 g/mol. The molecule has 0 fully saturated rings. The molecule has 2 aromatic rings. The van der Waals surface area contributed by atoms with Gasteiger partial charge in [0.25, 0.3) is 0 Å². The fourth-order valence-electron chi connectivity index (χ4n) is 3.64. The summed E-state index contributed by atoms with van der Waals surface area (Å²) in [5.74, 6) is -0.995. The van der Waals surface area contributed by atoms with Crippen molar-refractivity contribution >= 4 is 34.3 Å². The summed E-state index contributed by atoms with van der Waals surface area (Å²) in [6, 6.07) is 3.24. The van der Waals surface area contributed by atoms with Crippen molar-refractivity contribution in [1.82, 2.24) is 4.98 Å². The van der Waals surface area contributed by atoms with Crippen LogP contribution in [0.5, 0.6) is 5.75 Å². The van der Waals surface area contributed by atoms with Crippen LogP contribution < -0.4 is 5.73 Å². The summed E-state index contributed by atoms with van der Waals surface area (Å²) >= 11 is 1.24. The third-order valence-electron chi connectivity index (χ3n) is 5.30. The molecule has 2 rings (SSSR count). The molecule has 0 radical (unpaired) electrons. The maximum atomic E-state index is 14.0. The second-order valence-corrected chi connectivity index (χ2v) is 8.99. The van der Waals surface area contributed by atoms with Crippen LogP contribution in [-0.4, -0.2) is 27.9 Å². The molecule has 1 amide bonds. The molecule has 3 N–H and O–H groups in total. The van der Waals surface area contributed by atoms with Gasteiger partial charge in [0.15, 0.2) is 11.5 Å². The van der Waals surface area contributed by atoms with Gasteiger partial charge in [0.1, 0.15) is 5.75 Å². The number of primary amides is 1. The first-order valence-electron chi connectivity index (χ1n) is 9.75. The Bertz CT molecular complexity index is 1170. The van der Waals surface area contributed by atoms with Gasteiger partial charge in [0.2, 0.25) is 5.91 Å². The maximum absolute atomic E-state index is 14.0. The normalized spacial score (nSPS) is 14.2. The first-order valence-corrected chi connectivity index (χ1v) is 10.6. The van der Waals surface area contributed by atoms with E-state index in [0.29, 0.717) is 26.6 Å². The summed E-state index contributed by atoms with van der Waals surface area (Å²) in [5.41, 5.74) is 6.48. The Balaban J connectivity index is 2.86. The highest BCUT2D eigenvalue weighted by atomic mass is 32.1. The number of benzene rings is 1. The monoisotopic (exact) mass is 465 g/mol. The number of nitrogens with zero attached hydrogens (tertiary/aromatic N) is 2. The van der Waals surface area contributed by atoms with Crippen molar-refractivity contribution in [2.45, 2.75) is 54.6 Å². The Morgan fingerprint density at radius 3 is 2.16 bits per heavy atom. The molecule has 0 unspecified atom stereocenters. The maximum Gasteiger partial charge on any atom is 0.433 e. The van der Waals surface area contributed by atoms with Gasteiger partial charge < -0.3 is 10.8 Å². The lowest BCUT2D eigenvalue weighted by Gasteiger charge is -2.19. The SMILES string of the molecule is CC(=C(C(N)=O)\C(C)=C(/C)c1c(C)ccc(O)c1C)/C(=N\c1nc(C)sc1C)C(F)(F)F. The topological polar surface area (TPSA) is 88.6 Å². The summed E-state index contributed by atoms with van der Waals surface area (Å²) < 4.78 is 42.0. The molecule has 5 nitrogen and oxygen atoms in total. The molecule has 172 valence electrons. The predicted molar refractivity (Wildman–Crippen MR) is 122 cm³/mol. The molecule has 1 aromatic heterocycles. The zero-order chi connectivity index (χ0) is 24.5. The van der Waals surface area contributed by atoms with Gasteiger partial charge in [-0.1, -0.05) is 6.07 Å². The van der Waals surface area contributed by atoms with Gasteiger partial charge in [-0.2, -0.15) is 13.2 Å². The Kier molecular flexibility index (Phi) is 7.34. The van der Waals surface area contributed by atoms with Gasteiger partial charge in [0.05, 0.1) is 5.01 Å². The second kappa shape index (κ2) is 9.28. The van der Waals surface area contributed by atoms with Crippen LogP contribution in [0.2, 0.25) is 0 Å². The number of thiazole rings is 1. The number of carbonyl (C=O) groups is 1. The van der Waals surface area contributed by atoms with E-state index < -0.39 is 17.8 Å². The number of rotatable bonds is 5. The number of hydrogen-bond donors (Lipinski definition) is 2. The average Bonchev–Trinajstić information content (AvgIpc) is 2.98. The summed E-state index contributed by atoms with van der Waals surface area (Å²) in [7, 11) is 0. The minimum absolute atomic E-state index is 0.0407. The number of aliphatic imine (C=N–C) groups is 1. The molecule has 0 spiro atoms. The molecule has 1 heterocycles. The largest absolute Gasteiger partial charge is 0.508 e. The van der Waals surface area contributed by atoms with E-state index in [0.717, 1.165) is 5.56 Å². The number of phenolic OH excluding ortho intramolecular Hbond substituents is 1. The molecule has 0 aliphatic rings. The molecule has 9 heteroatoms. The van der Waals surface area contributed by atoms with Gasteiger partial charge in [-0.3, -0.25) is 4.79 Å². The summed E-state index contributed by atoms with van der Waals surface area (Å²) in [6.45, 7) is 11.2. The van der Waals surface area contributed by atoms with Crippen LogP contribution in [-0.2, 0) is 4.79 Å². The number of amides is 1. The second-order valence-electron chi connectivity index (χ2n) is 7.59. The molecule has 0 saturated heterocycles. The fraction of sp³-hybridized carbons (Fsp3) is 0.348. The highest BCUT2D eigenvalue weighted by Crippen LogP contribution is 2.35. The minimum Gasteiger partial charge on any atom is -0.508 e. The number of halogens is 3. The van der Waals surface area contributed by atoms with Crippen LogP contribution >= 0.6 is 11.3 Å². The molecule has 0 atom stereocenters. The molecule has 32 heavy (non-hydrogen) atoms. The fourth-order valence-corrected chi connectivity index (χ4v) is 4.40. The highest BCUT2D eigenvalue weighted by molar-refractivity contribution is 7.11. The Morgan fingerprint density at radius 2 is 1.69 bits per heavy atom. The van der Waals surface area contributed by atoms with Gasteiger partial charge in [-0.25, -0.2) is 9.98 Å². The van der Waals surface area contributed by atoms with E-state index in [1.54, 1.807) is 39.8 Å². The summed E-state index contributed by atoms with van der Waals surface area (Å²) in [6.07, 6.45) is -4.83. The number of nitrogens with two attached hydrogens (primary N) is 1. The molecular formula is C23H26F3N3O2S. The number of aromatic nitrogens is 1. The van der Waals surface area contributed by atoms with Crippen molar-refractivity contribution in [1.29, 1.82) is 0 Å². The zero-order valence-corrected chi connectivity index (χ0v) is 19.8. The van der Waals surface area contributed by atoms with Crippen LogP contribution in [0, 0.1) is 27.7 Å². The van der Waals surface area contributed by atoms with E-state index in [-0.39, 0.29) is 28.3 Å². The first kappa shape index (κ1) is 25.3. The van der Waals surface area contributed by atoms with Crippen LogP contribution in [0.4, 0.5) is 19.0 Å². The number of phenols is 1. The molecule has 0 saturated carbocycles. The van der Waals surface area contributed by atoms with Crippen molar-refractivity contribution in [2.75, 3.05) is 0 Å². The van der Waals surface area contributed by atoms with E-state index >= 15 is 0 Å². The van der Waals surface area contributed by atoms with Gasteiger partial charge in [0, 0.05) is 10.5 Å². The zero-order valence-electron chi connectivity index (χ0n) is 19.0. The lowest BCUT2D eigenvalue weighted by Crippen LogP contribution is -2.28. The van der Waals surface area contributed by atoms with E-state index in [2.05, 4.69) is 9.98 Å². The van der Waals surface area contributed by atoms with Crippen LogP contribution in [0.15, 0.2) is 33.8 Å². The highest BCUT2D eigenvalue weighted by Gasteiger charge is 2.39. The minimum atomic E-state index is -4.83. The van der Waals surface area contributed by atoms with E-state index in [1.165, 1.54) is 25.2 Å². The lowest BCUT2D eigenvalue weighted by atomic mass is 9.88. The van der Waals surface area contributed by atoms with Crippen molar-refractivity contribution in [3.8, 4) is 5.75 Å². The van der Waals surface area contributed by atoms with Crippen molar-refractivity contribution in [2.24, 2.45) is 10.7 Å². The third-order valence-corrected chi connectivity index (χ3v) is 6.17. The number of carbonyl (C=O) groups excluding carboxylic acids is 1. The van der Waals surface area contributed by atoms with Crippen molar-refractivity contribution in [3.63, 3.8) is 0 Å².